The molecule has 2 rings (SSSR count). The van der Waals surface area contributed by atoms with Crippen LogP contribution in [0.1, 0.15) is 18.1 Å². The SMILES string of the molecule is CCOC(=O)CN1C=CC(=C=O)c2cc(C)ccc21. The largest absolute Gasteiger partial charge is 0.465 e. The van der Waals surface area contributed by atoms with E-state index in [0.29, 0.717) is 12.2 Å². The molecule has 0 N–H and O–H groups in total. The molecule has 19 heavy (non-hydrogen) atoms. The van der Waals surface area contributed by atoms with Crippen molar-refractivity contribution < 1.29 is 14.3 Å². The number of rotatable bonds is 3. The molecule has 0 saturated carbocycles. The van der Waals surface area contributed by atoms with Gasteiger partial charge in [-0.1, -0.05) is 11.6 Å². The van der Waals surface area contributed by atoms with Gasteiger partial charge in [0.2, 0.25) is 0 Å². The van der Waals surface area contributed by atoms with Crippen molar-refractivity contribution in [2.45, 2.75) is 13.8 Å². The molecule has 4 nitrogen and oxygen atoms in total. The Morgan fingerprint density at radius 3 is 2.89 bits per heavy atom. The maximum atomic E-state index is 11.6. The first-order chi connectivity index (χ1) is 9.15. The Labute approximate surface area is 112 Å². The quantitative estimate of drug-likeness (QED) is 0.614. The van der Waals surface area contributed by atoms with Crippen LogP contribution in [0.3, 0.4) is 0 Å². The molecular weight excluding hydrogens is 242 g/mol. The summed E-state index contributed by atoms with van der Waals surface area (Å²) in [6.07, 6.45) is 3.36. The lowest BCUT2D eigenvalue weighted by Gasteiger charge is -2.26. The second-order valence-electron chi connectivity index (χ2n) is 4.29. The van der Waals surface area contributed by atoms with Gasteiger partial charge in [-0.05, 0) is 32.1 Å². The number of carbonyl (C=O) groups excluding carboxylic acids is 2. The lowest BCUT2D eigenvalue weighted by Crippen LogP contribution is -2.28. The summed E-state index contributed by atoms with van der Waals surface area (Å²) in [5, 5.41) is 0. The predicted octanol–water partition coefficient (Wildman–Crippen LogP) is 2.11. The molecule has 1 aromatic rings. The van der Waals surface area contributed by atoms with Crippen molar-refractivity contribution in [1.29, 1.82) is 0 Å². The summed E-state index contributed by atoms with van der Waals surface area (Å²) in [6.45, 7) is 4.22. The summed E-state index contributed by atoms with van der Waals surface area (Å²) < 4.78 is 4.94. The number of nitrogens with zero attached hydrogens (tertiary/aromatic N) is 1. The highest BCUT2D eigenvalue weighted by Crippen LogP contribution is 2.32. The Morgan fingerprint density at radius 2 is 2.21 bits per heavy atom. The lowest BCUT2D eigenvalue weighted by molar-refractivity contribution is -0.141. The van der Waals surface area contributed by atoms with Gasteiger partial charge in [-0.2, -0.15) is 0 Å². The molecule has 0 bridgehead atoms. The molecule has 0 atom stereocenters. The second kappa shape index (κ2) is 5.55. The molecular formula is C15H15NO3. The van der Waals surface area contributed by atoms with Gasteiger partial charge in [0.25, 0.3) is 0 Å². The van der Waals surface area contributed by atoms with E-state index in [-0.39, 0.29) is 12.5 Å². The molecule has 1 aromatic carbocycles. The summed E-state index contributed by atoms with van der Waals surface area (Å²) in [7, 11) is 0. The van der Waals surface area contributed by atoms with Gasteiger partial charge in [0.15, 0.2) is 0 Å². The molecule has 4 heteroatoms. The minimum atomic E-state index is -0.294. The van der Waals surface area contributed by atoms with Gasteiger partial charge in [0.05, 0.1) is 12.2 Å². The summed E-state index contributed by atoms with van der Waals surface area (Å²) >= 11 is 0. The van der Waals surface area contributed by atoms with Crippen LogP contribution in [0, 0.1) is 6.92 Å². The smallest absolute Gasteiger partial charge is 0.325 e. The first-order valence-electron chi connectivity index (χ1n) is 6.12. The van der Waals surface area contributed by atoms with Crippen LogP contribution in [-0.2, 0) is 14.3 Å². The Bertz CT molecular complexity index is 583. The number of carbonyl (C=O) groups is 1. The zero-order valence-electron chi connectivity index (χ0n) is 11.0. The third-order valence-corrected chi connectivity index (χ3v) is 2.89. The molecule has 0 spiro atoms. The third kappa shape index (κ3) is 2.75. The maximum Gasteiger partial charge on any atom is 0.325 e. The van der Waals surface area contributed by atoms with Gasteiger partial charge < -0.3 is 9.64 Å². The van der Waals surface area contributed by atoms with E-state index < -0.39 is 0 Å². The fourth-order valence-corrected chi connectivity index (χ4v) is 2.02. The molecule has 0 saturated heterocycles. The summed E-state index contributed by atoms with van der Waals surface area (Å²) in [5.41, 5.74) is 3.16. The molecule has 0 unspecified atom stereocenters. The molecule has 0 fully saturated rings. The highest BCUT2D eigenvalue weighted by Gasteiger charge is 2.19. The van der Waals surface area contributed by atoms with Crippen molar-refractivity contribution in [3.63, 3.8) is 0 Å². The number of benzene rings is 1. The number of ether oxygens (including phenoxy) is 1. The molecule has 0 radical (unpaired) electrons. The minimum absolute atomic E-state index is 0.131. The molecule has 0 aromatic heterocycles. The van der Waals surface area contributed by atoms with E-state index in [4.69, 9.17) is 4.74 Å². The Morgan fingerprint density at radius 1 is 1.42 bits per heavy atom. The van der Waals surface area contributed by atoms with Gasteiger partial charge in [0.1, 0.15) is 12.5 Å². The highest BCUT2D eigenvalue weighted by molar-refractivity contribution is 6.00. The number of allylic oxidation sites excluding steroid dienone is 2. The van der Waals surface area contributed by atoms with Crippen LogP contribution >= 0.6 is 0 Å². The van der Waals surface area contributed by atoms with Gasteiger partial charge in [0, 0.05) is 17.5 Å². The van der Waals surface area contributed by atoms with E-state index in [2.05, 4.69) is 0 Å². The summed E-state index contributed by atoms with van der Waals surface area (Å²) in [6, 6.07) is 5.75. The zero-order valence-corrected chi connectivity index (χ0v) is 11.0. The van der Waals surface area contributed by atoms with Crippen molar-refractivity contribution in [3.8, 4) is 0 Å². The van der Waals surface area contributed by atoms with Crippen LogP contribution in [0.5, 0.6) is 0 Å². The van der Waals surface area contributed by atoms with Gasteiger partial charge in [-0.25, -0.2) is 4.79 Å². The molecule has 0 aliphatic carbocycles. The van der Waals surface area contributed by atoms with Crippen LogP contribution in [-0.4, -0.2) is 25.1 Å². The number of aryl methyl sites for hydroxylation is 1. The van der Waals surface area contributed by atoms with Crippen molar-refractivity contribution >= 4 is 23.2 Å². The molecule has 1 aliphatic rings. The molecule has 1 heterocycles. The van der Waals surface area contributed by atoms with Crippen LogP contribution in [0.2, 0.25) is 0 Å². The monoisotopic (exact) mass is 257 g/mol. The van der Waals surface area contributed by atoms with E-state index in [1.54, 1.807) is 24.1 Å². The van der Waals surface area contributed by atoms with Gasteiger partial charge >= 0.3 is 5.97 Å². The van der Waals surface area contributed by atoms with E-state index in [9.17, 15) is 9.59 Å². The number of anilines is 1. The zero-order chi connectivity index (χ0) is 13.8. The van der Waals surface area contributed by atoms with Crippen LogP contribution in [0.15, 0.2) is 30.5 Å². The minimum Gasteiger partial charge on any atom is -0.465 e. The van der Waals surface area contributed by atoms with E-state index in [0.717, 1.165) is 16.8 Å². The molecule has 98 valence electrons. The Hall–Kier alpha value is -2.32. The predicted molar refractivity (Wildman–Crippen MR) is 73.4 cm³/mol. The molecule has 1 aliphatic heterocycles. The van der Waals surface area contributed by atoms with E-state index >= 15 is 0 Å². The fourth-order valence-electron chi connectivity index (χ4n) is 2.02. The maximum absolute atomic E-state index is 11.6. The number of hydrogen-bond donors (Lipinski definition) is 0. The van der Waals surface area contributed by atoms with Gasteiger partial charge in [-0.15, -0.1) is 0 Å². The average Bonchev–Trinajstić information content (AvgIpc) is 2.39. The standard InChI is InChI=1S/C15H15NO3/c1-3-19-15(18)9-16-7-6-12(10-17)13-8-11(2)4-5-14(13)16/h4-8H,3,9H2,1-2H3. The lowest BCUT2D eigenvalue weighted by atomic mass is 9.99. The topological polar surface area (TPSA) is 46.6 Å². The third-order valence-electron chi connectivity index (χ3n) is 2.89. The Kier molecular flexibility index (Phi) is 3.83. The highest BCUT2D eigenvalue weighted by atomic mass is 16.5. The van der Waals surface area contributed by atoms with Gasteiger partial charge in [-0.3, -0.25) is 4.79 Å². The van der Waals surface area contributed by atoms with Crippen molar-refractivity contribution in [1.82, 2.24) is 0 Å². The van der Waals surface area contributed by atoms with E-state index in [1.165, 1.54) is 0 Å². The van der Waals surface area contributed by atoms with Crippen molar-refractivity contribution in [3.05, 3.63) is 41.6 Å². The number of esters is 1. The number of fused-ring (bicyclic) bond motifs is 1. The average molecular weight is 257 g/mol. The normalized spacial score (nSPS) is 12.9. The summed E-state index contributed by atoms with van der Waals surface area (Å²) in [5.74, 6) is 1.63. The molecule has 0 amide bonds. The van der Waals surface area contributed by atoms with Crippen molar-refractivity contribution in [2.75, 3.05) is 18.1 Å². The summed E-state index contributed by atoms with van der Waals surface area (Å²) in [4.78, 5) is 24.3. The van der Waals surface area contributed by atoms with Crippen molar-refractivity contribution in [2.24, 2.45) is 0 Å². The van der Waals surface area contributed by atoms with Crippen LogP contribution < -0.4 is 4.90 Å². The number of hydrogen-bond acceptors (Lipinski definition) is 4. The fraction of sp³-hybridized carbons (Fsp3) is 0.267. The van der Waals surface area contributed by atoms with E-state index in [1.807, 2.05) is 31.1 Å². The Balaban J connectivity index is 2.35. The van der Waals surface area contributed by atoms with Crippen LogP contribution in [0.25, 0.3) is 5.57 Å². The first kappa shape index (κ1) is 13.1. The van der Waals surface area contributed by atoms with Crippen LogP contribution in [0.4, 0.5) is 5.69 Å². The first-order valence-corrected chi connectivity index (χ1v) is 6.12. The second-order valence-corrected chi connectivity index (χ2v) is 4.29.